The maximum atomic E-state index is 12.3. The van der Waals surface area contributed by atoms with E-state index in [2.05, 4.69) is 5.32 Å². The van der Waals surface area contributed by atoms with E-state index in [1.807, 2.05) is 49.4 Å². The van der Waals surface area contributed by atoms with Crippen molar-refractivity contribution in [3.8, 4) is 11.5 Å². The van der Waals surface area contributed by atoms with Crippen molar-refractivity contribution < 1.29 is 14.3 Å². The second-order valence-corrected chi connectivity index (χ2v) is 6.89. The van der Waals surface area contributed by atoms with Gasteiger partial charge in [0.25, 0.3) is 0 Å². The Kier molecular flexibility index (Phi) is 6.82. The lowest BCUT2D eigenvalue weighted by Crippen LogP contribution is -2.30. The van der Waals surface area contributed by atoms with E-state index in [1.165, 1.54) is 11.8 Å². The summed E-state index contributed by atoms with van der Waals surface area (Å²) in [6.45, 7) is 2.28. The Labute approximate surface area is 151 Å². The van der Waals surface area contributed by atoms with Gasteiger partial charge in [-0.1, -0.05) is 29.8 Å². The molecule has 0 saturated carbocycles. The summed E-state index contributed by atoms with van der Waals surface area (Å²) >= 11 is 7.57. The number of carbonyl (C=O) groups is 1. The molecule has 0 saturated heterocycles. The van der Waals surface area contributed by atoms with E-state index in [9.17, 15) is 4.79 Å². The number of methoxy groups -OCH3 is 2. The topological polar surface area (TPSA) is 47.6 Å². The molecule has 0 aliphatic heterocycles. The number of carbonyl (C=O) groups excluding carboxylic acids is 1. The Bertz CT molecular complexity index is 708. The molecular weight excluding hydrogens is 346 g/mol. The smallest absolute Gasteiger partial charge is 0.233 e. The molecule has 1 N–H and O–H groups in total. The third-order valence-corrected chi connectivity index (χ3v) is 5.04. The summed E-state index contributed by atoms with van der Waals surface area (Å²) in [6.07, 6.45) is 0. The quantitative estimate of drug-likeness (QED) is 0.748. The van der Waals surface area contributed by atoms with Crippen LogP contribution in [0.1, 0.15) is 12.5 Å². The molecule has 0 bridgehead atoms. The summed E-state index contributed by atoms with van der Waals surface area (Å²) in [4.78, 5) is 13.2. The Morgan fingerprint density at radius 3 is 2.54 bits per heavy atom. The highest BCUT2D eigenvalue weighted by Crippen LogP contribution is 2.30. The molecule has 128 valence electrons. The third kappa shape index (κ3) is 4.82. The second-order valence-electron chi connectivity index (χ2n) is 5.10. The van der Waals surface area contributed by atoms with Gasteiger partial charge >= 0.3 is 0 Å². The van der Waals surface area contributed by atoms with E-state index >= 15 is 0 Å². The predicted octanol–water partition coefficient (Wildman–Crippen LogP) is 4.15. The molecule has 2 aromatic rings. The molecule has 24 heavy (non-hydrogen) atoms. The number of halogens is 1. The fourth-order valence-corrected chi connectivity index (χ4v) is 3.29. The molecule has 2 aromatic carbocycles. The maximum absolute atomic E-state index is 12.3. The molecule has 0 aliphatic carbocycles. The summed E-state index contributed by atoms with van der Waals surface area (Å²) in [5.74, 6) is 1.26. The molecule has 1 atom stereocenters. The van der Waals surface area contributed by atoms with Gasteiger partial charge in [-0.15, -0.1) is 11.8 Å². The van der Waals surface area contributed by atoms with Gasteiger partial charge in [0.1, 0.15) is 0 Å². The minimum Gasteiger partial charge on any atom is -0.493 e. The molecule has 0 fully saturated rings. The molecule has 1 amide bonds. The highest BCUT2D eigenvalue weighted by Gasteiger charge is 2.15. The van der Waals surface area contributed by atoms with Crippen molar-refractivity contribution in [1.29, 1.82) is 0 Å². The average Bonchev–Trinajstić information content (AvgIpc) is 2.61. The fourth-order valence-electron chi connectivity index (χ4n) is 2.11. The molecule has 0 aromatic heterocycles. The highest BCUT2D eigenvalue weighted by molar-refractivity contribution is 8.00. The number of rotatable bonds is 7. The maximum Gasteiger partial charge on any atom is 0.233 e. The molecule has 2 rings (SSSR count). The summed E-state index contributed by atoms with van der Waals surface area (Å²) in [6, 6.07) is 13.1. The van der Waals surface area contributed by atoms with Crippen LogP contribution in [0.25, 0.3) is 0 Å². The van der Waals surface area contributed by atoms with Crippen LogP contribution in [0.15, 0.2) is 47.4 Å². The van der Waals surface area contributed by atoms with E-state index in [4.69, 9.17) is 21.1 Å². The van der Waals surface area contributed by atoms with Crippen molar-refractivity contribution in [1.82, 2.24) is 5.32 Å². The molecule has 1 unspecified atom stereocenters. The highest BCUT2D eigenvalue weighted by atomic mass is 35.5. The van der Waals surface area contributed by atoms with Gasteiger partial charge in [-0.05, 0) is 36.8 Å². The zero-order valence-corrected chi connectivity index (χ0v) is 15.4. The van der Waals surface area contributed by atoms with Crippen molar-refractivity contribution in [3.05, 3.63) is 53.1 Å². The Hall–Kier alpha value is -1.85. The minimum atomic E-state index is -0.245. The van der Waals surface area contributed by atoms with Crippen molar-refractivity contribution in [3.63, 3.8) is 0 Å². The third-order valence-electron chi connectivity index (χ3n) is 3.42. The summed E-state index contributed by atoms with van der Waals surface area (Å²) in [5, 5.41) is 3.34. The second kappa shape index (κ2) is 8.85. The number of hydrogen-bond acceptors (Lipinski definition) is 4. The monoisotopic (exact) mass is 365 g/mol. The first-order chi connectivity index (χ1) is 11.5. The first kappa shape index (κ1) is 18.5. The normalized spacial score (nSPS) is 11.7. The van der Waals surface area contributed by atoms with Gasteiger partial charge in [0.15, 0.2) is 11.5 Å². The van der Waals surface area contributed by atoms with Crippen LogP contribution in [0.3, 0.4) is 0 Å². The fraction of sp³-hybridized carbons (Fsp3) is 0.278. The lowest BCUT2D eigenvalue weighted by molar-refractivity contribution is -0.120. The lowest BCUT2D eigenvalue weighted by atomic mass is 10.2. The van der Waals surface area contributed by atoms with Crippen molar-refractivity contribution in [2.45, 2.75) is 23.6 Å². The molecule has 0 spiro atoms. The first-order valence-corrected chi connectivity index (χ1v) is 8.70. The molecule has 0 aliphatic rings. The standard InChI is InChI=1S/C18H20ClNO3S/c1-12(24-17-7-5-4-6-14(17)19)18(21)20-11-13-8-9-15(22-2)16(10-13)23-3/h4-10,12H,11H2,1-3H3,(H,20,21). The van der Waals surface area contributed by atoms with Crippen LogP contribution in [-0.4, -0.2) is 25.4 Å². The van der Waals surface area contributed by atoms with E-state index in [0.29, 0.717) is 23.1 Å². The number of thioether (sulfide) groups is 1. The Morgan fingerprint density at radius 2 is 1.88 bits per heavy atom. The van der Waals surface area contributed by atoms with Crippen LogP contribution in [0.2, 0.25) is 5.02 Å². The van der Waals surface area contributed by atoms with Crippen molar-refractivity contribution in [2.24, 2.45) is 0 Å². The largest absolute Gasteiger partial charge is 0.493 e. The molecule has 4 nitrogen and oxygen atoms in total. The van der Waals surface area contributed by atoms with Crippen molar-refractivity contribution >= 4 is 29.3 Å². The van der Waals surface area contributed by atoms with Gasteiger partial charge in [0.05, 0.1) is 24.5 Å². The minimum absolute atomic E-state index is 0.0466. The molecule has 0 radical (unpaired) electrons. The zero-order valence-electron chi connectivity index (χ0n) is 13.8. The first-order valence-electron chi connectivity index (χ1n) is 7.45. The number of amides is 1. The van der Waals surface area contributed by atoms with E-state index in [-0.39, 0.29) is 11.2 Å². The average molecular weight is 366 g/mol. The van der Waals surface area contributed by atoms with Crippen LogP contribution >= 0.6 is 23.4 Å². The number of benzene rings is 2. The molecule has 0 heterocycles. The van der Waals surface area contributed by atoms with E-state index in [1.54, 1.807) is 14.2 Å². The summed E-state index contributed by atoms with van der Waals surface area (Å²) < 4.78 is 10.5. The van der Waals surface area contributed by atoms with Crippen LogP contribution in [0, 0.1) is 0 Å². The lowest BCUT2D eigenvalue weighted by Gasteiger charge is -2.14. The Morgan fingerprint density at radius 1 is 1.17 bits per heavy atom. The van der Waals surface area contributed by atoms with E-state index < -0.39 is 0 Å². The van der Waals surface area contributed by atoms with Gasteiger partial charge in [-0.25, -0.2) is 0 Å². The van der Waals surface area contributed by atoms with Gasteiger partial charge in [-0.2, -0.15) is 0 Å². The Balaban J connectivity index is 1.94. The van der Waals surface area contributed by atoms with Crippen LogP contribution in [0.4, 0.5) is 0 Å². The summed E-state index contributed by atoms with van der Waals surface area (Å²) in [7, 11) is 3.18. The predicted molar refractivity (Wildman–Crippen MR) is 98.2 cm³/mol. The van der Waals surface area contributed by atoms with Crippen molar-refractivity contribution in [2.75, 3.05) is 14.2 Å². The van der Waals surface area contributed by atoms with Crippen LogP contribution < -0.4 is 14.8 Å². The van der Waals surface area contributed by atoms with Crippen LogP contribution in [0.5, 0.6) is 11.5 Å². The van der Waals surface area contributed by atoms with Gasteiger partial charge in [0.2, 0.25) is 5.91 Å². The number of nitrogens with one attached hydrogen (secondary N) is 1. The van der Waals surface area contributed by atoms with Crippen LogP contribution in [-0.2, 0) is 11.3 Å². The van der Waals surface area contributed by atoms with Gasteiger partial charge < -0.3 is 14.8 Å². The molecule has 6 heteroatoms. The van der Waals surface area contributed by atoms with Gasteiger partial charge in [0, 0.05) is 11.4 Å². The zero-order chi connectivity index (χ0) is 17.5. The van der Waals surface area contributed by atoms with Gasteiger partial charge in [-0.3, -0.25) is 4.79 Å². The SMILES string of the molecule is COc1ccc(CNC(=O)C(C)Sc2ccccc2Cl)cc1OC. The number of ether oxygens (including phenoxy) is 2. The summed E-state index contributed by atoms with van der Waals surface area (Å²) in [5.41, 5.74) is 0.941. The number of hydrogen-bond donors (Lipinski definition) is 1. The van der Waals surface area contributed by atoms with E-state index in [0.717, 1.165) is 10.5 Å². The molecular formula is C18H20ClNO3S.